The fraction of sp³-hybridized carbons (Fsp3) is 0.400. The maximum Gasteiger partial charge on any atom is 0.230 e. The van der Waals surface area contributed by atoms with Crippen LogP contribution in [0.1, 0.15) is 31.4 Å². The first-order valence-corrected chi connectivity index (χ1v) is 7.50. The first-order chi connectivity index (χ1) is 9.54. The lowest BCUT2D eigenvalue weighted by atomic mass is 10.0. The van der Waals surface area contributed by atoms with Crippen molar-refractivity contribution >= 4 is 33.6 Å². The maximum absolute atomic E-state index is 12.1. The van der Waals surface area contributed by atoms with Gasteiger partial charge >= 0.3 is 0 Å². The third kappa shape index (κ3) is 2.93. The molecule has 0 saturated heterocycles. The van der Waals surface area contributed by atoms with Crippen LogP contribution in [0.5, 0.6) is 0 Å². The molecule has 1 aromatic carbocycles. The smallest absolute Gasteiger partial charge is 0.230 e. The highest BCUT2D eigenvalue weighted by Crippen LogP contribution is 2.30. The normalized spacial score (nSPS) is 14.9. The van der Waals surface area contributed by atoms with Gasteiger partial charge in [0.25, 0.3) is 0 Å². The number of nitrogens with zero attached hydrogens (tertiary/aromatic N) is 2. The van der Waals surface area contributed by atoms with Crippen molar-refractivity contribution in [3.05, 3.63) is 29.3 Å². The number of amides is 1. The summed E-state index contributed by atoms with van der Waals surface area (Å²) < 4.78 is 0. The number of amidine groups is 1. The molecule has 2 rings (SSSR count). The number of thioether (sulfide) groups is 1. The molecule has 20 heavy (non-hydrogen) atoms. The summed E-state index contributed by atoms with van der Waals surface area (Å²) in [6, 6.07) is 5.96. The van der Waals surface area contributed by atoms with Gasteiger partial charge in [-0.15, -0.1) is 0 Å². The lowest BCUT2D eigenvalue weighted by molar-refractivity contribution is -0.115. The quantitative estimate of drug-likeness (QED) is 0.841. The third-order valence-electron chi connectivity index (χ3n) is 3.20. The average Bonchev–Trinajstić information content (AvgIpc) is 2.40. The molecule has 0 N–H and O–H groups in total. The van der Waals surface area contributed by atoms with Gasteiger partial charge < -0.3 is 0 Å². The van der Waals surface area contributed by atoms with E-state index in [0.717, 1.165) is 35.0 Å². The van der Waals surface area contributed by atoms with E-state index in [1.54, 1.807) is 4.90 Å². The van der Waals surface area contributed by atoms with Crippen LogP contribution in [0.4, 0.5) is 5.69 Å². The molecule has 0 atom stereocenters. The molecule has 0 fully saturated rings. The van der Waals surface area contributed by atoms with Gasteiger partial charge in [-0.1, -0.05) is 25.1 Å². The molecule has 106 valence electrons. The summed E-state index contributed by atoms with van der Waals surface area (Å²) in [6.45, 7) is 5.99. The summed E-state index contributed by atoms with van der Waals surface area (Å²) in [7, 11) is 0. The van der Waals surface area contributed by atoms with Gasteiger partial charge in [-0.2, -0.15) is 0 Å². The van der Waals surface area contributed by atoms with Crippen molar-refractivity contribution < 1.29 is 9.59 Å². The second-order valence-electron chi connectivity index (χ2n) is 4.68. The Hall–Kier alpha value is -1.62. The summed E-state index contributed by atoms with van der Waals surface area (Å²) in [6.07, 6.45) is 1.26. The van der Waals surface area contributed by atoms with Gasteiger partial charge in [0.1, 0.15) is 0 Å². The van der Waals surface area contributed by atoms with Crippen molar-refractivity contribution in [2.24, 2.45) is 4.99 Å². The molecule has 0 aromatic heterocycles. The Morgan fingerprint density at radius 2 is 2.20 bits per heavy atom. The van der Waals surface area contributed by atoms with E-state index in [0.29, 0.717) is 18.1 Å². The number of carbonyl (C=O) groups excluding carboxylic acids is 2. The van der Waals surface area contributed by atoms with Crippen molar-refractivity contribution in [1.82, 2.24) is 0 Å². The van der Waals surface area contributed by atoms with E-state index in [4.69, 9.17) is 0 Å². The van der Waals surface area contributed by atoms with Crippen molar-refractivity contribution in [2.45, 2.75) is 33.6 Å². The van der Waals surface area contributed by atoms with Crippen LogP contribution in [0.2, 0.25) is 0 Å². The predicted octanol–water partition coefficient (Wildman–Crippen LogP) is 2.93. The zero-order valence-corrected chi connectivity index (χ0v) is 12.8. The summed E-state index contributed by atoms with van der Waals surface area (Å²) in [5.74, 6) is -0.116. The number of aryl methyl sites for hydroxylation is 2. The van der Waals surface area contributed by atoms with Gasteiger partial charge in [0, 0.05) is 19.9 Å². The second kappa shape index (κ2) is 6.22. The molecule has 4 nitrogen and oxygen atoms in total. The van der Waals surface area contributed by atoms with Crippen LogP contribution in [-0.2, 0) is 16.0 Å². The van der Waals surface area contributed by atoms with Crippen molar-refractivity contribution in [1.29, 1.82) is 0 Å². The van der Waals surface area contributed by atoms with E-state index < -0.39 is 0 Å². The van der Waals surface area contributed by atoms with E-state index in [1.165, 1.54) is 6.92 Å². The highest BCUT2D eigenvalue weighted by atomic mass is 32.2. The maximum atomic E-state index is 12.1. The Balaban J connectivity index is 2.52. The molecule has 0 saturated carbocycles. The molecule has 1 aromatic rings. The van der Waals surface area contributed by atoms with Gasteiger partial charge in [0.15, 0.2) is 10.3 Å². The monoisotopic (exact) mass is 290 g/mol. The molecule has 0 aliphatic carbocycles. The molecular formula is C15H18N2O2S. The zero-order chi connectivity index (χ0) is 14.7. The van der Waals surface area contributed by atoms with Crippen molar-refractivity contribution in [3.63, 3.8) is 0 Å². The lowest BCUT2D eigenvalue weighted by Gasteiger charge is -2.27. The molecule has 1 aliphatic heterocycles. The van der Waals surface area contributed by atoms with Gasteiger partial charge in [-0.25, -0.2) is 0 Å². The number of para-hydroxylation sites is 1. The Morgan fingerprint density at radius 1 is 1.45 bits per heavy atom. The Labute approximate surface area is 123 Å². The zero-order valence-electron chi connectivity index (χ0n) is 12.0. The van der Waals surface area contributed by atoms with E-state index >= 15 is 0 Å². The van der Waals surface area contributed by atoms with E-state index in [1.807, 2.05) is 25.1 Å². The fourth-order valence-electron chi connectivity index (χ4n) is 2.26. The number of anilines is 1. The molecular weight excluding hydrogens is 272 g/mol. The number of hydrogen-bond acceptors (Lipinski definition) is 4. The van der Waals surface area contributed by atoms with E-state index in [-0.39, 0.29) is 11.0 Å². The van der Waals surface area contributed by atoms with Crippen LogP contribution in [0, 0.1) is 6.92 Å². The fourth-order valence-corrected chi connectivity index (χ4v) is 3.12. The number of rotatable bonds is 2. The van der Waals surface area contributed by atoms with Crippen LogP contribution in [0.25, 0.3) is 0 Å². The highest BCUT2D eigenvalue weighted by molar-refractivity contribution is 8.26. The van der Waals surface area contributed by atoms with Gasteiger partial charge in [-0.05, 0) is 36.2 Å². The highest BCUT2D eigenvalue weighted by Gasteiger charge is 2.26. The third-order valence-corrected chi connectivity index (χ3v) is 4.13. The Kier molecular flexibility index (Phi) is 4.60. The number of aliphatic imine (C=N–C) groups is 1. The van der Waals surface area contributed by atoms with Crippen LogP contribution < -0.4 is 4.90 Å². The SMILES string of the molecule is CCc1cccc(C)c1N(C(C)=O)C1=NCCC(=O)S1. The minimum absolute atomic E-state index is 0.0629. The van der Waals surface area contributed by atoms with E-state index in [9.17, 15) is 9.59 Å². The predicted molar refractivity (Wildman–Crippen MR) is 83.2 cm³/mol. The van der Waals surface area contributed by atoms with Gasteiger partial charge in [0.05, 0.1) is 5.69 Å². The first-order valence-electron chi connectivity index (χ1n) is 6.69. The van der Waals surface area contributed by atoms with Gasteiger partial charge in [-0.3, -0.25) is 19.5 Å². The largest absolute Gasteiger partial charge is 0.287 e. The van der Waals surface area contributed by atoms with Crippen LogP contribution in [0.3, 0.4) is 0 Å². The summed E-state index contributed by atoms with van der Waals surface area (Å²) in [5.41, 5.74) is 2.96. The molecule has 1 aliphatic rings. The Morgan fingerprint density at radius 3 is 2.80 bits per heavy atom. The molecule has 0 radical (unpaired) electrons. The Bertz CT molecular complexity index is 581. The number of carbonyl (C=O) groups is 2. The number of benzene rings is 1. The first kappa shape index (κ1) is 14.8. The van der Waals surface area contributed by atoms with Crippen molar-refractivity contribution in [3.8, 4) is 0 Å². The lowest BCUT2D eigenvalue weighted by Crippen LogP contribution is -2.36. The van der Waals surface area contributed by atoms with Crippen LogP contribution in [-0.4, -0.2) is 22.7 Å². The molecule has 5 heteroatoms. The van der Waals surface area contributed by atoms with Gasteiger partial charge in [0.2, 0.25) is 5.91 Å². The standard InChI is InChI=1S/C15H18N2O2S/c1-4-12-7-5-6-10(2)14(12)17(11(3)18)15-16-9-8-13(19)20-15/h5-7H,4,8-9H2,1-3H3. The minimum Gasteiger partial charge on any atom is -0.287 e. The number of hydrogen-bond donors (Lipinski definition) is 0. The summed E-state index contributed by atoms with van der Waals surface area (Å²) in [5, 5.41) is 0.561. The topological polar surface area (TPSA) is 49.7 Å². The van der Waals surface area contributed by atoms with E-state index in [2.05, 4.69) is 11.9 Å². The van der Waals surface area contributed by atoms with Crippen LogP contribution in [0.15, 0.2) is 23.2 Å². The van der Waals surface area contributed by atoms with Crippen molar-refractivity contribution in [2.75, 3.05) is 11.4 Å². The average molecular weight is 290 g/mol. The molecule has 0 bridgehead atoms. The summed E-state index contributed by atoms with van der Waals surface area (Å²) in [4.78, 5) is 29.6. The molecule has 1 heterocycles. The molecule has 1 amide bonds. The van der Waals surface area contributed by atoms with Crippen LogP contribution >= 0.6 is 11.8 Å². The second-order valence-corrected chi connectivity index (χ2v) is 5.70. The molecule has 0 spiro atoms. The molecule has 0 unspecified atom stereocenters. The minimum atomic E-state index is -0.116. The summed E-state index contributed by atoms with van der Waals surface area (Å²) >= 11 is 1.06.